The minimum Gasteiger partial charge on any atom is -0.465 e. The normalized spacial score (nSPS) is 18.1. The Morgan fingerprint density at radius 2 is 1.73 bits per heavy atom. The molecule has 0 aliphatic carbocycles. The number of halogens is 1. The van der Waals surface area contributed by atoms with Gasteiger partial charge in [-0.25, -0.2) is 0 Å². The number of carbonyl (C=O) groups excluding carboxylic acids is 1. The number of hydrogen-bond donors (Lipinski definition) is 0. The van der Waals surface area contributed by atoms with E-state index in [4.69, 9.17) is 16.3 Å². The molecule has 0 atom stereocenters. The molecule has 0 amide bonds. The summed E-state index contributed by atoms with van der Waals surface area (Å²) >= 11 is 8.13. The average Bonchev–Trinajstić information content (AvgIpc) is 2.74. The summed E-state index contributed by atoms with van der Waals surface area (Å²) in [6.45, 7) is 7.97. The van der Waals surface area contributed by atoms with E-state index in [2.05, 4.69) is 52.3 Å². The van der Waals surface area contributed by atoms with Crippen molar-refractivity contribution >= 4 is 34.9 Å². The van der Waals surface area contributed by atoms with Crippen molar-refractivity contribution in [3.8, 4) is 0 Å². The Morgan fingerprint density at radius 1 is 1.03 bits per heavy atom. The highest BCUT2D eigenvalue weighted by atomic mass is 35.5. The lowest BCUT2D eigenvalue weighted by Crippen LogP contribution is -2.47. The van der Waals surface area contributed by atoms with E-state index >= 15 is 0 Å². The maximum Gasteiger partial charge on any atom is 0.302 e. The SMILES string of the molecule is CC(=O)OCCN1CCN(CC/C=C2\c3ccccc3Sc3ccc(Cl)cc32)CC1. The van der Waals surface area contributed by atoms with Crippen LogP contribution < -0.4 is 0 Å². The monoisotopic (exact) mass is 442 g/mol. The summed E-state index contributed by atoms with van der Waals surface area (Å²) in [6, 6.07) is 14.8. The average molecular weight is 443 g/mol. The quantitative estimate of drug-likeness (QED) is 0.512. The van der Waals surface area contributed by atoms with Crippen LogP contribution in [0.5, 0.6) is 0 Å². The van der Waals surface area contributed by atoms with E-state index in [-0.39, 0.29) is 5.97 Å². The number of carbonyl (C=O) groups is 1. The van der Waals surface area contributed by atoms with E-state index in [1.165, 1.54) is 33.4 Å². The Bertz CT molecular complexity index is 939. The van der Waals surface area contributed by atoms with Gasteiger partial charge in [0.2, 0.25) is 0 Å². The molecule has 30 heavy (non-hydrogen) atoms. The third-order valence-electron chi connectivity index (χ3n) is 5.60. The van der Waals surface area contributed by atoms with Gasteiger partial charge in [-0.2, -0.15) is 0 Å². The summed E-state index contributed by atoms with van der Waals surface area (Å²) in [4.78, 5) is 18.4. The zero-order valence-electron chi connectivity index (χ0n) is 17.3. The molecule has 2 aliphatic rings. The Balaban J connectivity index is 1.37. The highest BCUT2D eigenvalue weighted by Crippen LogP contribution is 2.46. The van der Waals surface area contributed by atoms with Crippen LogP contribution in [-0.4, -0.2) is 61.6 Å². The molecule has 0 bridgehead atoms. The van der Waals surface area contributed by atoms with Gasteiger partial charge in [0.25, 0.3) is 0 Å². The molecule has 4 nitrogen and oxygen atoms in total. The molecular formula is C24H27ClN2O2S. The Labute approximate surface area is 187 Å². The summed E-state index contributed by atoms with van der Waals surface area (Å²) in [5.74, 6) is -0.202. The van der Waals surface area contributed by atoms with E-state index in [0.29, 0.717) is 6.61 Å². The number of benzene rings is 2. The van der Waals surface area contributed by atoms with Gasteiger partial charge in [0.1, 0.15) is 6.61 Å². The molecular weight excluding hydrogens is 416 g/mol. The number of piperazine rings is 1. The number of ether oxygens (including phenoxy) is 1. The fourth-order valence-corrected chi connectivity index (χ4v) is 5.27. The molecule has 0 radical (unpaired) electrons. The van der Waals surface area contributed by atoms with Crippen molar-refractivity contribution in [2.45, 2.75) is 23.1 Å². The predicted molar refractivity (Wildman–Crippen MR) is 123 cm³/mol. The largest absolute Gasteiger partial charge is 0.465 e. The van der Waals surface area contributed by atoms with Crippen LogP contribution in [0, 0.1) is 0 Å². The van der Waals surface area contributed by atoms with Crippen LogP contribution in [0.4, 0.5) is 0 Å². The smallest absolute Gasteiger partial charge is 0.302 e. The van der Waals surface area contributed by atoms with Crippen molar-refractivity contribution in [1.29, 1.82) is 0 Å². The lowest BCUT2D eigenvalue weighted by atomic mass is 9.96. The van der Waals surface area contributed by atoms with Crippen LogP contribution in [0.3, 0.4) is 0 Å². The van der Waals surface area contributed by atoms with Gasteiger partial charge in [0.15, 0.2) is 0 Å². The van der Waals surface area contributed by atoms with Crippen LogP contribution in [0.15, 0.2) is 58.3 Å². The predicted octanol–water partition coefficient (Wildman–Crippen LogP) is 4.81. The maximum absolute atomic E-state index is 10.9. The molecule has 0 N–H and O–H groups in total. The second kappa shape index (κ2) is 10.0. The Morgan fingerprint density at radius 3 is 2.50 bits per heavy atom. The van der Waals surface area contributed by atoms with Crippen molar-refractivity contribution in [3.63, 3.8) is 0 Å². The zero-order chi connectivity index (χ0) is 20.9. The van der Waals surface area contributed by atoms with Crippen LogP contribution >= 0.6 is 23.4 Å². The fraction of sp³-hybridized carbons (Fsp3) is 0.375. The first-order chi connectivity index (χ1) is 14.6. The van der Waals surface area contributed by atoms with E-state index in [1.807, 2.05) is 17.8 Å². The van der Waals surface area contributed by atoms with Crippen LogP contribution in [0.2, 0.25) is 5.02 Å². The molecule has 2 heterocycles. The number of fused-ring (bicyclic) bond motifs is 2. The maximum atomic E-state index is 10.9. The fourth-order valence-electron chi connectivity index (χ4n) is 4.01. The molecule has 1 saturated heterocycles. The van der Waals surface area contributed by atoms with Crippen molar-refractivity contribution in [1.82, 2.24) is 9.80 Å². The van der Waals surface area contributed by atoms with E-state index in [9.17, 15) is 4.79 Å². The standard InChI is InChI=1S/C24H27ClN2O2S/c1-18(28)29-16-15-27-13-11-26(12-14-27)10-4-6-20-21-5-2-3-7-23(21)30-24-9-8-19(25)17-22(20)24/h2-3,5-9,17H,4,10-16H2,1H3/b20-6+. The van der Waals surface area contributed by atoms with Gasteiger partial charge in [-0.15, -0.1) is 0 Å². The first-order valence-corrected chi connectivity index (χ1v) is 11.6. The molecule has 0 aromatic heterocycles. The second-order valence-electron chi connectivity index (χ2n) is 7.67. The molecule has 1 fully saturated rings. The highest BCUT2D eigenvalue weighted by molar-refractivity contribution is 7.99. The van der Waals surface area contributed by atoms with Crippen LogP contribution in [-0.2, 0) is 9.53 Å². The molecule has 2 aliphatic heterocycles. The molecule has 0 saturated carbocycles. The lowest BCUT2D eigenvalue weighted by Gasteiger charge is -2.34. The number of esters is 1. The molecule has 2 aromatic carbocycles. The van der Waals surface area contributed by atoms with E-state index < -0.39 is 0 Å². The second-order valence-corrected chi connectivity index (χ2v) is 9.19. The highest BCUT2D eigenvalue weighted by Gasteiger charge is 2.21. The van der Waals surface area contributed by atoms with Gasteiger partial charge in [0.05, 0.1) is 0 Å². The van der Waals surface area contributed by atoms with Gasteiger partial charge in [-0.1, -0.05) is 47.6 Å². The third kappa shape index (κ3) is 5.27. The summed E-state index contributed by atoms with van der Waals surface area (Å²) in [5, 5.41) is 0.782. The first kappa shape index (κ1) is 21.4. The van der Waals surface area contributed by atoms with Gasteiger partial charge in [-0.3, -0.25) is 9.69 Å². The minimum absolute atomic E-state index is 0.202. The van der Waals surface area contributed by atoms with Gasteiger partial charge in [-0.05, 0) is 47.4 Å². The Hall–Kier alpha value is -1.79. The van der Waals surface area contributed by atoms with Gasteiger partial charge in [0, 0.05) is 61.0 Å². The zero-order valence-corrected chi connectivity index (χ0v) is 18.8. The lowest BCUT2D eigenvalue weighted by molar-refractivity contribution is -0.141. The third-order valence-corrected chi connectivity index (χ3v) is 6.99. The number of nitrogens with zero attached hydrogens (tertiary/aromatic N) is 2. The molecule has 4 rings (SSSR count). The Kier molecular flexibility index (Phi) is 7.16. The summed E-state index contributed by atoms with van der Waals surface area (Å²) in [6.07, 6.45) is 3.38. The van der Waals surface area contributed by atoms with Crippen LogP contribution in [0.25, 0.3) is 5.57 Å². The van der Waals surface area contributed by atoms with Crippen molar-refractivity contribution < 1.29 is 9.53 Å². The molecule has 2 aromatic rings. The first-order valence-electron chi connectivity index (χ1n) is 10.5. The molecule has 6 heteroatoms. The van der Waals surface area contributed by atoms with Gasteiger partial charge < -0.3 is 9.64 Å². The summed E-state index contributed by atoms with van der Waals surface area (Å²) in [5.41, 5.74) is 3.83. The number of rotatable bonds is 6. The summed E-state index contributed by atoms with van der Waals surface area (Å²) in [7, 11) is 0. The van der Waals surface area contributed by atoms with Crippen molar-refractivity contribution in [2.75, 3.05) is 45.9 Å². The number of hydrogen-bond acceptors (Lipinski definition) is 5. The van der Waals surface area contributed by atoms with Crippen LogP contribution in [0.1, 0.15) is 24.5 Å². The van der Waals surface area contributed by atoms with Crippen molar-refractivity contribution in [2.24, 2.45) is 0 Å². The van der Waals surface area contributed by atoms with E-state index in [1.54, 1.807) is 0 Å². The van der Waals surface area contributed by atoms with E-state index in [0.717, 1.165) is 50.7 Å². The molecule has 0 spiro atoms. The van der Waals surface area contributed by atoms with Crippen molar-refractivity contribution in [3.05, 3.63) is 64.7 Å². The summed E-state index contributed by atoms with van der Waals surface area (Å²) < 4.78 is 5.06. The molecule has 0 unspecified atom stereocenters. The minimum atomic E-state index is -0.202. The topological polar surface area (TPSA) is 32.8 Å². The van der Waals surface area contributed by atoms with Gasteiger partial charge >= 0.3 is 5.97 Å². The molecule has 158 valence electrons.